The van der Waals surface area contributed by atoms with Crippen LogP contribution in [0.4, 0.5) is 0 Å². The largest absolute Gasteiger partial charge is 0.392 e. The summed E-state index contributed by atoms with van der Waals surface area (Å²) in [6, 6.07) is 0.551. The maximum Gasteiger partial charge on any atom is 0.0718 e. The Balaban J connectivity index is 2.54. The smallest absolute Gasteiger partial charge is 0.0718 e. The average molecular weight is 229 g/mol. The predicted molar refractivity (Wildman–Crippen MR) is 66.4 cm³/mol. The predicted octanol–water partition coefficient (Wildman–Crippen LogP) is 1.77. The molecular formula is C13H27NO2. The molecule has 3 nitrogen and oxygen atoms in total. The van der Waals surface area contributed by atoms with E-state index in [2.05, 4.69) is 4.90 Å². The summed E-state index contributed by atoms with van der Waals surface area (Å²) in [5.41, 5.74) is -0.674. The number of aliphatic hydroxyl groups is 2. The van der Waals surface area contributed by atoms with Crippen molar-refractivity contribution in [2.24, 2.45) is 0 Å². The third-order valence-corrected chi connectivity index (χ3v) is 3.18. The van der Waals surface area contributed by atoms with Gasteiger partial charge in [0, 0.05) is 19.1 Å². The molecule has 16 heavy (non-hydrogen) atoms. The summed E-state index contributed by atoms with van der Waals surface area (Å²) >= 11 is 0. The van der Waals surface area contributed by atoms with Crippen LogP contribution in [0.3, 0.4) is 0 Å². The number of aliphatic hydroxyl groups excluding tert-OH is 1. The lowest BCUT2D eigenvalue weighted by Gasteiger charge is -2.38. The quantitative estimate of drug-likeness (QED) is 0.755. The van der Waals surface area contributed by atoms with E-state index in [1.165, 1.54) is 32.1 Å². The number of hydrogen-bond donors (Lipinski definition) is 2. The molecule has 0 heterocycles. The fourth-order valence-corrected chi connectivity index (χ4v) is 2.63. The summed E-state index contributed by atoms with van der Waals surface area (Å²) in [6.45, 7) is 6.83. The molecule has 0 spiro atoms. The molecule has 0 radical (unpaired) electrons. The van der Waals surface area contributed by atoms with Gasteiger partial charge in [0.1, 0.15) is 0 Å². The zero-order chi connectivity index (χ0) is 12.2. The van der Waals surface area contributed by atoms with Gasteiger partial charge in [-0.25, -0.2) is 0 Å². The van der Waals surface area contributed by atoms with Gasteiger partial charge in [0.2, 0.25) is 0 Å². The number of rotatable bonds is 5. The molecule has 1 saturated carbocycles. The SMILES string of the molecule is CC(O)CN(CC(C)(C)O)C1CCCCC1. The van der Waals surface area contributed by atoms with Crippen LogP contribution in [-0.4, -0.2) is 45.9 Å². The molecule has 0 amide bonds. The summed E-state index contributed by atoms with van der Waals surface area (Å²) in [5, 5.41) is 19.4. The molecule has 1 aliphatic rings. The molecular weight excluding hydrogens is 202 g/mol. The fraction of sp³-hybridized carbons (Fsp3) is 1.00. The maximum atomic E-state index is 9.91. The third kappa shape index (κ3) is 5.28. The van der Waals surface area contributed by atoms with Gasteiger partial charge in [-0.05, 0) is 33.6 Å². The second-order valence-electron chi connectivity index (χ2n) is 5.88. The van der Waals surface area contributed by atoms with Gasteiger partial charge in [-0.2, -0.15) is 0 Å². The van der Waals surface area contributed by atoms with E-state index in [0.29, 0.717) is 19.1 Å². The first-order valence-electron chi connectivity index (χ1n) is 6.53. The van der Waals surface area contributed by atoms with Crippen molar-refractivity contribution in [2.75, 3.05) is 13.1 Å². The van der Waals surface area contributed by atoms with Crippen molar-refractivity contribution in [3.63, 3.8) is 0 Å². The summed E-state index contributed by atoms with van der Waals surface area (Å²) < 4.78 is 0. The van der Waals surface area contributed by atoms with Gasteiger partial charge in [0.15, 0.2) is 0 Å². The van der Waals surface area contributed by atoms with Crippen LogP contribution in [0.25, 0.3) is 0 Å². The Kier molecular flexibility index (Phi) is 5.22. The standard InChI is InChI=1S/C13H27NO2/c1-11(15)9-14(10-13(2,3)16)12-7-5-4-6-8-12/h11-12,15-16H,4-10H2,1-3H3. The lowest BCUT2D eigenvalue weighted by molar-refractivity contribution is -0.00311. The molecule has 0 aromatic rings. The van der Waals surface area contributed by atoms with Crippen LogP contribution in [0.2, 0.25) is 0 Å². The molecule has 1 unspecified atom stereocenters. The molecule has 0 bridgehead atoms. The van der Waals surface area contributed by atoms with E-state index in [0.717, 1.165) is 0 Å². The van der Waals surface area contributed by atoms with Crippen molar-refractivity contribution >= 4 is 0 Å². The van der Waals surface area contributed by atoms with Crippen LogP contribution in [0.5, 0.6) is 0 Å². The minimum atomic E-state index is -0.674. The molecule has 0 saturated heterocycles. The fourth-order valence-electron chi connectivity index (χ4n) is 2.63. The number of nitrogens with zero attached hydrogens (tertiary/aromatic N) is 1. The Morgan fingerprint density at radius 2 is 1.81 bits per heavy atom. The molecule has 0 aliphatic heterocycles. The van der Waals surface area contributed by atoms with E-state index in [1.54, 1.807) is 0 Å². The van der Waals surface area contributed by atoms with E-state index in [9.17, 15) is 10.2 Å². The molecule has 0 aromatic carbocycles. The molecule has 2 N–H and O–H groups in total. The molecule has 3 heteroatoms. The van der Waals surface area contributed by atoms with Crippen LogP contribution in [-0.2, 0) is 0 Å². The van der Waals surface area contributed by atoms with Crippen LogP contribution in [0.15, 0.2) is 0 Å². The Labute approximate surface area is 99.5 Å². The normalized spacial score (nSPS) is 21.4. The van der Waals surface area contributed by atoms with Crippen LogP contribution < -0.4 is 0 Å². The molecule has 1 fully saturated rings. The summed E-state index contributed by atoms with van der Waals surface area (Å²) in [5.74, 6) is 0. The molecule has 1 aliphatic carbocycles. The van der Waals surface area contributed by atoms with Gasteiger partial charge >= 0.3 is 0 Å². The van der Waals surface area contributed by atoms with E-state index in [-0.39, 0.29) is 6.10 Å². The molecule has 96 valence electrons. The first kappa shape index (κ1) is 13.9. The molecule has 1 atom stereocenters. The van der Waals surface area contributed by atoms with Crippen molar-refractivity contribution in [1.29, 1.82) is 0 Å². The lowest BCUT2D eigenvalue weighted by Crippen LogP contribution is -2.47. The monoisotopic (exact) mass is 229 g/mol. The zero-order valence-corrected chi connectivity index (χ0v) is 10.9. The Morgan fingerprint density at radius 3 is 2.25 bits per heavy atom. The van der Waals surface area contributed by atoms with Gasteiger partial charge in [-0.3, -0.25) is 4.90 Å². The Morgan fingerprint density at radius 1 is 1.25 bits per heavy atom. The number of hydrogen-bond acceptors (Lipinski definition) is 3. The summed E-state index contributed by atoms with van der Waals surface area (Å²) in [7, 11) is 0. The van der Waals surface area contributed by atoms with Crippen LogP contribution >= 0.6 is 0 Å². The lowest BCUT2D eigenvalue weighted by atomic mass is 9.93. The third-order valence-electron chi connectivity index (χ3n) is 3.18. The van der Waals surface area contributed by atoms with Gasteiger partial charge < -0.3 is 10.2 Å². The van der Waals surface area contributed by atoms with Crippen molar-refractivity contribution in [1.82, 2.24) is 4.90 Å². The van der Waals surface area contributed by atoms with E-state index in [4.69, 9.17) is 0 Å². The minimum absolute atomic E-state index is 0.315. The Bertz CT molecular complexity index is 193. The summed E-state index contributed by atoms with van der Waals surface area (Å²) in [6.07, 6.45) is 6.01. The van der Waals surface area contributed by atoms with Crippen molar-refractivity contribution < 1.29 is 10.2 Å². The van der Waals surface area contributed by atoms with Gasteiger partial charge in [-0.15, -0.1) is 0 Å². The maximum absolute atomic E-state index is 9.91. The van der Waals surface area contributed by atoms with Gasteiger partial charge in [-0.1, -0.05) is 19.3 Å². The first-order chi connectivity index (χ1) is 7.38. The van der Waals surface area contributed by atoms with E-state index in [1.807, 2.05) is 20.8 Å². The first-order valence-corrected chi connectivity index (χ1v) is 6.53. The molecule has 1 rings (SSSR count). The average Bonchev–Trinajstić information content (AvgIpc) is 2.15. The topological polar surface area (TPSA) is 43.7 Å². The highest BCUT2D eigenvalue weighted by Crippen LogP contribution is 2.24. The zero-order valence-electron chi connectivity index (χ0n) is 10.9. The molecule has 0 aromatic heterocycles. The van der Waals surface area contributed by atoms with Crippen LogP contribution in [0.1, 0.15) is 52.9 Å². The van der Waals surface area contributed by atoms with Gasteiger partial charge in [0.05, 0.1) is 11.7 Å². The van der Waals surface area contributed by atoms with Crippen LogP contribution in [0, 0.1) is 0 Å². The highest BCUT2D eigenvalue weighted by atomic mass is 16.3. The van der Waals surface area contributed by atoms with Crippen molar-refractivity contribution in [2.45, 2.75) is 70.6 Å². The second-order valence-corrected chi connectivity index (χ2v) is 5.88. The highest BCUT2D eigenvalue weighted by Gasteiger charge is 2.26. The van der Waals surface area contributed by atoms with Crippen molar-refractivity contribution in [3.05, 3.63) is 0 Å². The van der Waals surface area contributed by atoms with Crippen molar-refractivity contribution in [3.8, 4) is 0 Å². The van der Waals surface area contributed by atoms with E-state index < -0.39 is 5.60 Å². The van der Waals surface area contributed by atoms with E-state index >= 15 is 0 Å². The van der Waals surface area contributed by atoms with Gasteiger partial charge in [0.25, 0.3) is 0 Å². The highest BCUT2D eigenvalue weighted by molar-refractivity contribution is 4.81. The minimum Gasteiger partial charge on any atom is -0.392 e. The second kappa shape index (κ2) is 5.99. The summed E-state index contributed by atoms with van der Waals surface area (Å²) in [4.78, 5) is 2.27. The Hall–Kier alpha value is -0.120.